The number of para-hydroxylation sites is 1. The molecule has 0 atom stereocenters. The summed E-state index contributed by atoms with van der Waals surface area (Å²) >= 11 is 1.87. The molecule has 0 bridgehead atoms. The molecule has 0 N–H and O–H groups in total. The van der Waals surface area contributed by atoms with Crippen LogP contribution in [0.1, 0.15) is 0 Å². The summed E-state index contributed by atoms with van der Waals surface area (Å²) in [6.45, 7) is 0. The fourth-order valence-corrected chi connectivity index (χ4v) is 12.8. The van der Waals surface area contributed by atoms with Crippen LogP contribution in [-0.2, 0) is 0 Å². The number of hydrogen-bond donors (Lipinski definition) is 0. The second-order valence-corrected chi connectivity index (χ2v) is 20.5. The van der Waals surface area contributed by atoms with Gasteiger partial charge in [0.2, 0.25) is 0 Å². The molecule has 0 saturated carbocycles. The van der Waals surface area contributed by atoms with Gasteiger partial charge in [0, 0.05) is 74.9 Å². The van der Waals surface area contributed by atoms with Crippen LogP contribution in [0.25, 0.3) is 159 Å². The Morgan fingerprint density at radius 2 is 0.895 bits per heavy atom. The summed E-state index contributed by atoms with van der Waals surface area (Å²) in [4.78, 5) is 15.6. The Kier molecular flexibility index (Phi) is 9.40. The first kappa shape index (κ1) is 42.5. The van der Waals surface area contributed by atoms with Crippen LogP contribution < -0.4 is 0 Å². The van der Waals surface area contributed by atoms with Crippen molar-refractivity contribution in [3.8, 4) is 73.2 Å². The van der Waals surface area contributed by atoms with Crippen molar-refractivity contribution in [1.82, 2.24) is 19.5 Å². The van der Waals surface area contributed by atoms with Gasteiger partial charge in [-0.05, 0) is 106 Å². The molecule has 0 fully saturated rings. The van der Waals surface area contributed by atoms with Gasteiger partial charge in [-0.3, -0.25) is 0 Å². The van der Waals surface area contributed by atoms with E-state index in [0.29, 0.717) is 17.5 Å². The third kappa shape index (κ3) is 6.69. The molecular formula is C69H40N4O2S. The lowest BCUT2D eigenvalue weighted by Crippen LogP contribution is -2.00. The van der Waals surface area contributed by atoms with E-state index in [1.165, 1.54) is 42.1 Å². The average molecular weight is 989 g/mol. The second-order valence-electron chi connectivity index (χ2n) is 19.4. The lowest BCUT2D eigenvalue weighted by molar-refractivity contribution is 0.668. The van der Waals surface area contributed by atoms with Crippen molar-refractivity contribution < 1.29 is 8.83 Å². The van der Waals surface area contributed by atoms with E-state index < -0.39 is 0 Å². The summed E-state index contributed by atoms with van der Waals surface area (Å²) in [6, 6.07) is 85.7. The molecule has 6 nitrogen and oxygen atoms in total. The highest BCUT2D eigenvalue weighted by Gasteiger charge is 2.22. The molecule has 76 heavy (non-hydrogen) atoms. The number of benzene rings is 11. The van der Waals surface area contributed by atoms with Gasteiger partial charge < -0.3 is 13.4 Å². The van der Waals surface area contributed by atoms with E-state index in [4.69, 9.17) is 23.8 Å². The molecule has 11 aromatic carbocycles. The Balaban J connectivity index is 0.837. The van der Waals surface area contributed by atoms with E-state index in [0.717, 1.165) is 99.5 Å². The lowest BCUT2D eigenvalue weighted by atomic mass is 9.98. The average Bonchev–Trinajstić information content (AvgIpc) is 4.28. The molecule has 0 radical (unpaired) electrons. The van der Waals surface area contributed by atoms with Crippen LogP contribution in [0.4, 0.5) is 0 Å². The number of nitrogens with zero attached hydrogens (tertiary/aromatic N) is 4. The minimum atomic E-state index is 0.548. The molecule has 5 heterocycles. The molecule has 0 unspecified atom stereocenters. The van der Waals surface area contributed by atoms with Crippen molar-refractivity contribution in [1.29, 1.82) is 0 Å². The zero-order valence-corrected chi connectivity index (χ0v) is 41.4. The predicted molar refractivity (Wildman–Crippen MR) is 314 cm³/mol. The molecule has 0 aliphatic carbocycles. The summed E-state index contributed by atoms with van der Waals surface area (Å²) < 4.78 is 18.2. The van der Waals surface area contributed by atoms with Crippen molar-refractivity contribution in [3.63, 3.8) is 0 Å². The van der Waals surface area contributed by atoms with Crippen LogP contribution in [0, 0.1) is 0 Å². The second kappa shape index (κ2) is 16.8. The normalized spacial score (nSPS) is 11.9. The summed E-state index contributed by atoms with van der Waals surface area (Å²) in [6.07, 6.45) is 0. The Labute approximate surface area is 439 Å². The maximum Gasteiger partial charge on any atom is 0.164 e. The molecular weight excluding hydrogens is 949 g/mol. The van der Waals surface area contributed by atoms with Crippen molar-refractivity contribution in [2.24, 2.45) is 0 Å². The van der Waals surface area contributed by atoms with Gasteiger partial charge in [0.25, 0.3) is 0 Å². The molecule has 7 heteroatoms. The SMILES string of the molecule is c1ccc(-c2nc(-c3ccc4c(c3)oc3cccc(-c5ccccc5)c34)nc(-c3cccc4oc5ccc(-c6ccc7c(c6)c6ccc(-c8cccc9c8sc8ccccc89)cc6n7-c6ccccc6)cc5c34)n2)cc1. The first-order valence-electron chi connectivity index (χ1n) is 25.5. The number of aromatic nitrogens is 4. The molecule has 0 aliphatic rings. The van der Waals surface area contributed by atoms with Crippen LogP contribution in [0.5, 0.6) is 0 Å². The minimum Gasteiger partial charge on any atom is -0.456 e. The van der Waals surface area contributed by atoms with Crippen LogP contribution in [0.3, 0.4) is 0 Å². The third-order valence-electron chi connectivity index (χ3n) is 15.1. The lowest BCUT2D eigenvalue weighted by Gasteiger charge is -2.10. The van der Waals surface area contributed by atoms with Gasteiger partial charge in [-0.25, -0.2) is 15.0 Å². The number of fused-ring (bicyclic) bond motifs is 12. The summed E-state index contributed by atoms with van der Waals surface area (Å²) in [5, 5.41) is 9.03. The van der Waals surface area contributed by atoms with Gasteiger partial charge in [-0.15, -0.1) is 11.3 Å². The highest BCUT2D eigenvalue weighted by atomic mass is 32.1. The fourth-order valence-electron chi connectivity index (χ4n) is 11.6. The molecule has 0 spiro atoms. The van der Waals surface area contributed by atoms with Crippen molar-refractivity contribution in [2.75, 3.05) is 0 Å². The number of rotatable bonds is 7. The number of hydrogen-bond acceptors (Lipinski definition) is 6. The molecule has 0 saturated heterocycles. The first-order chi connectivity index (χ1) is 37.6. The Hall–Kier alpha value is -9.95. The topological polar surface area (TPSA) is 69.9 Å². The maximum atomic E-state index is 6.64. The van der Waals surface area contributed by atoms with E-state index in [2.05, 4.69) is 193 Å². The van der Waals surface area contributed by atoms with Crippen LogP contribution in [-0.4, -0.2) is 19.5 Å². The summed E-state index contributed by atoms with van der Waals surface area (Å²) in [5.41, 5.74) is 16.1. The van der Waals surface area contributed by atoms with E-state index in [1.807, 2.05) is 65.9 Å². The van der Waals surface area contributed by atoms with E-state index in [1.54, 1.807) is 0 Å². The molecule has 0 aliphatic heterocycles. The van der Waals surface area contributed by atoms with E-state index in [-0.39, 0.29) is 0 Å². The van der Waals surface area contributed by atoms with Crippen molar-refractivity contribution in [3.05, 3.63) is 243 Å². The molecule has 16 rings (SSSR count). The number of thiophene rings is 1. The monoisotopic (exact) mass is 988 g/mol. The number of furan rings is 2. The van der Waals surface area contributed by atoms with Gasteiger partial charge >= 0.3 is 0 Å². The summed E-state index contributed by atoms with van der Waals surface area (Å²) in [5.74, 6) is 1.68. The largest absolute Gasteiger partial charge is 0.456 e. The predicted octanol–water partition coefficient (Wildman–Crippen LogP) is 19.1. The smallest absolute Gasteiger partial charge is 0.164 e. The van der Waals surface area contributed by atoms with Gasteiger partial charge in [-0.1, -0.05) is 170 Å². The zero-order chi connectivity index (χ0) is 49.8. The summed E-state index contributed by atoms with van der Waals surface area (Å²) in [7, 11) is 0. The van der Waals surface area contributed by atoms with Crippen LogP contribution in [0.2, 0.25) is 0 Å². The third-order valence-corrected chi connectivity index (χ3v) is 16.3. The van der Waals surface area contributed by atoms with Crippen molar-refractivity contribution >= 4 is 97.2 Å². The van der Waals surface area contributed by atoms with Gasteiger partial charge in [0.1, 0.15) is 22.3 Å². The minimum absolute atomic E-state index is 0.548. The first-order valence-corrected chi connectivity index (χ1v) is 26.3. The molecule has 5 aromatic heterocycles. The molecule has 16 aromatic rings. The van der Waals surface area contributed by atoms with Crippen molar-refractivity contribution in [2.45, 2.75) is 0 Å². The Morgan fingerprint density at radius 1 is 0.303 bits per heavy atom. The van der Waals surface area contributed by atoms with Crippen LogP contribution >= 0.6 is 11.3 Å². The molecule has 354 valence electrons. The fraction of sp³-hybridized carbons (Fsp3) is 0. The maximum absolute atomic E-state index is 6.64. The quantitative estimate of drug-likeness (QED) is 0.159. The van der Waals surface area contributed by atoms with Gasteiger partial charge in [0.15, 0.2) is 17.5 Å². The Morgan fingerprint density at radius 3 is 1.71 bits per heavy atom. The van der Waals surface area contributed by atoms with E-state index in [9.17, 15) is 0 Å². The highest BCUT2D eigenvalue weighted by Crippen LogP contribution is 2.45. The van der Waals surface area contributed by atoms with Gasteiger partial charge in [0.05, 0.1) is 11.0 Å². The highest BCUT2D eigenvalue weighted by molar-refractivity contribution is 7.26. The van der Waals surface area contributed by atoms with Gasteiger partial charge in [-0.2, -0.15) is 0 Å². The zero-order valence-electron chi connectivity index (χ0n) is 40.6. The van der Waals surface area contributed by atoms with Crippen LogP contribution in [0.15, 0.2) is 251 Å². The standard InChI is InChI=1S/C69H40N4O2S/c1-4-15-41(16-5-1)48-22-13-26-60-64(48)53-34-30-46(40-62(53)75-60)68-70-67(42-17-6-2-7-18-42)71-69(72-68)54-25-14-27-61-65(54)56-38-44(32-36-59(56)74-61)43-31-35-57-55(37-43)50-33-29-45(39-58(50)73(57)47-19-8-3-9-20-47)49-23-12-24-52-51-21-10-11-28-63(51)76-66(49)52/h1-40H. The molecule has 0 amide bonds. The Bertz CT molecular complexity index is 4990. The van der Waals surface area contributed by atoms with E-state index >= 15 is 0 Å².